The van der Waals surface area contributed by atoms with Crippen molar-refractivity contribution in [2.45, 2.75) is 19.1 Å². The lowest BCUT2D eigenvalue weighted by molar-refractivity contribution is -0.911. The second kappa shape index (κ2) is 4.76. The summed E-state index contributed by atoms with van der Waals surface area (Å²) >= 11 is 0. The summed E-state index contributed by atoms with van der Waals surface area (Å²) in [5.74, 6) is -3.09. The lowest BCUT2D eigenvalue weighted by atomic mass is 9.88. The SMILES string of the molecule is CC[N+](C)(C)C1C=CC(C(=O)O)=CC1C(F)(F)F. The minimum atomic E-state index is -4.44. The predicted octanol–water partition coefficient (Wildman–Crippen LogP) is 2.21. The Labute approximate surface area is 104 Å². The molecule has 2 unspecified atom stereocenters. The number of alkyl halides is 3. The highest BCUT2D eigenvalue weighted by atomic mass is 19.4. The molecule has 0 fully saturated rings. The summed E-state index contributed by atoms with van der Waals surface area (Å²) in [5.41, 5.74) is -0.301. The van der Waals surface area contributed by atoms with Crippen LogP contribution in [-0.4, -0.2) is 48.4 Å². The number of aliphatic carboxylic acids is 1. The van der Waals surface area contributed by atoms with Crippen LogP contribution in [0, 0.1) is 5.92 Å². The lowest BCUT2D eigenvalue weighted by Crippen LogP contribution is -2.54. The first-order valence-corrected chi connectivity index (χ1v) is 5.62. The Hall–Kier alpha value is -1.30. The van der Waals surface area contributed by atoms with Crippen molar-refractivity contribution in [1.82, 2.24) is 0 Å². The maximum absolute atomic E-state index is 13.0. The van der Waals surface area contributed by atoms with Crippen molar-refractivity contribution in [2.24, 2.45) is 5.92 Å². The number of hydrogen-bond acceptors (Lipinski definition) is 1. The van der Waals surface area contributed by atoms with Gasteiger partial charge in [0.25, 0.3) is 0 Å². The number of halogens is 3. The van der Waals surface area contributed by atoms with E-state index < -0.39 is 24.1 Å². The first-order chi connectivity index (χ1) is 8.09. The standard InChI is InChI=1S/C12H16F3NO2/c1-4-16(2,3)10-6-5-8(11(17)18)7-9(10)12(13,14)15/h5-7,9-10H,4H2,1-3H3/p+1. The molecule has 0 saturated heterocycles. The van der Waals surface area contributed by atoms with Gasteiger partial charge in [0.05, 0.1) is 26.2 Å². The third-order valence-corrected chi connectivity index (χ3v) is 3.45. The molecule has 0 bridgehead atoms. The Balaban J connectivity index is 3.17. The van der Waals surface area contributed by atoms with Gasteiger partial charge in [-0.05, 0) is 19.1 Å². The molecular weight excluding hydrogens is 247 g/mol. The number of likely N-dealkylation sites (N-methyl/N-ethyl adjacent to an activating group) is 1. The van der Waals surface area contributed by atoms with E-state index in [9.17, 15) is 18.0 Å². The molecule has 0 heterocycles. The van der Waals surface area contributed by atoms with Gasteiger partial charge in [0.15, 0.2) is 0 Å². The van der Waals surface area contributed by atoms with Gasteiger partial charge >= 0.3 is 12.1 Å². The molecule has 2 atom stereocenters. The van der Waals surface area contributed by atoms with Gasteiger partial charge < -0.3 is 9.59 Å². The van der Waals surface area contributed by atoms with Crippen molar-refractivity contribution >= 4 is 5.97 Å². The van der Waals surface area contributed by atoms with Crippen LogP contribution in [-0.2, 0) is 4.79 Å². The minimum Gasteiger partial charge on any atom is -0.478 e. The zero-order valence-electron chi connectivity index (χ0n) is 10.5. The first kappa shape index (κ1) is 14.8. The molecule has 0 aromatic rings. The van der Waals surface area contributed by atoms with Gasteiger partial charge in [-0.15, -0.1) is 0 Å². The highest BCUT2D eigenvalue weighted by Crippen LogP contribution is 2.37. The summed E-state index contributed by atoms with van der Waals surface area (Å²) in [6.07, 6.45) is -1.03. The van der Waals surface area contributed by atoms with E-state index in [0.717, 1.165) is 6.08 Å². The largest absolute Gasteiger partial charge is 0.478 e. The van der Waals surface area contributed by atoms with Crippen LogP contribution < -0.4 is 0 Å². The topological polar surface area (TPSA) is 37.3 Å². The monoisotopic (exact) mass is 264 g/mol. The second-order valence-corrected chi connectivity index (χ2v) is 4.94. The molecule has 102 valence electrons. The average molecular weight is 264 g/mol. The Kier molecular flexibility index (Phi) is 3.90. The van der Waals surface area contributed by atoms with E-state index in [-0.39, 0.29) is 10.1 Å². The molecule has 18 heavy (non-hydrogen) atoms. The lowest BCUT2D eigenvalue weighted by Gasteiger charge is -2.40. The maximum Gasteiger partial charge on any atom is 0.401 e. The van der Waals surface area contributed by atoms with Crippen LogP contribution in [0.1, 0.15) is 6.92 Å². The molecule has 0 aliphatic heterocycles. The third-order valence-electron chi connectivity index (χ3n) is 3.45. The van der Waals surface area contributed by atoms with E-state index in [1.807, 2.05) is 0 Å². The third kappa shape index (κ3) is 2.93. The molecule has 0 aromatic carbocycles. The number of hydrogen-bond donors (Lipinski definition) is 1. The molecule has 0 spiro atoms. The molecule has 0 amide bonds. The summed E-state index contributed by atoms with van der Waals surface area (Å²) in [6, 6.07) is -0.793. The number of quaternary nitrogens is 1. The van der Waals surface area contributed by atoms with Crippen molar-refractivity contribution in [3.63, 3.8) is 0 Å². The van der Waals surface area contributed by atoms with E-state index in [0.29, 0.717) is 6.54 Å². The molecule has 0 aromatic heterocycles. The van der Waals surface area contributed by atoms with Crippen LogP contribution in [0.15, 0.2) is 23.8 Å². The molecule has 1 N–H and O–H groups in total. The Bertz CT molecular complexity index is 397. The fourth-order valence-corrected chi connectivity index (χ4v) is 1.98. The fourth-order valence-electron chi connectivity index (χ4n) is 1.98. The minimum absolute atomic E-state index is 0.157. The Morgan fingerprint density at radius 3 is 2.39 bits per heavy atom. The van der Waals surface area contributed by atoms with E-state index in [2.05, 4.69) is 0 Å². The summed E-state index contributed by atoms with van der Waals surface area (Å²) in [7, 11) is 3.40. The van der Waals surface area contributed by atoms with Gasteiger partial charge in [0, 0.05) is 0 Å². The van der Waals surface area contributed by atoms with E-state index in [4.69, 9.17) is 5.11 Å². The molecule has 0 saturated carbocycles. The zero-order valence-corrected chi connectivity index (χ0v) is 10.5. The smallest absolute Gasteiger partial charge is 0.401 e. The highest BCUT2D eigenvalue weighted by molar-refractivity contribution is 5.90. The summed E-state index contributed by atoms with van der Waals surface area (Å²) in [5, 5.41) is 8.78. The fraction of sp³-hybridized carbons (Fsp3) is 0.583. The molecule has 3 nitrogen and oxygen atoms in total. The van der Waals surface area contributed by atoms with E-state index in [1.165, 1.54) is 12.2 Å². The first-order valence-electron chi connectivity index (χ1n) is 5.62. The van der Waals surface area contributed by atoms with Crippen LogP contribution in [0.25, 0.3) is 0 Å². The van der Waals surface area contributed by atoms with Crippen LogP contribution in [0.5, 0.6) is 0 Å². The average Bonchev–Trinajstić information content (AvgIpc) is 2.27. The second-order valence-electron chi connectivity index (χ2n) is 4.94. The number of carboxylic acids is 1. The van der Waals surface area contributed by atoms with Crippen LogP contribution in [0.4, 0.5) is 13.2 Å². The van der Waals surface area contributed by atoms with Crippen LogP contribution >= 0.6 is 0 Å². The normalized spacial score (nSPS) is 24.9. The van der Waals surface area contributed by atoms with Gasteiger partial charge in [-0.1, -0.05) is 6.08 Å². The van der Waals surface area contributed by atoms with Crippen molar-refractivity contribution in [1.29, 1.82) is 0 Å². The van der Waals surface area contributed by atoms with Crippen LogP contribution in [0.2, 0.25) is 0 Å². The number of rotatable bonds is 3. The van der Waals surface area contributed by atoms with Crippen LogP contribution in [0.3, 0.4) is 0 Å². The molecule has 1 aliphatic rings. The van der Waals surface area contributed by atoms with Gasteiger partial charge in [0.2, 0.25) is 0 Å². The molecule has 6 heteroatoms. The van der Waals surface area contributed by atoms with Crippen molar-refractivity contribution in [3.05, 3.63) is 23.8 Å². The Morgan fingerprint density at radius 2 is 2.00 bits per heavy atom. The van der Waals surface area contributed by atoms with E-state index >= 15 is 0 Å². The predicted molar refractivity (Wildman–Crippen MR) is 60.8 cm³/mol. The van der Waals surface area contributed by atoms with Gasteiger partial charge in [0.1, 0.15) is 12.0 Å². The van der Waals surface area contributed by atoms with Crippen molar-refractivity contribution in [2.75, 3.05) is 20.6 Å². The molecular formula is C12H17F3NO2+. The summed E-state index contributed by atoms with van der Waals surface area (Å²) < 4.78 is 39.2. The number of nitrogens with zero attached hydrogens (tertiary/aromatic N) is 1. The number of carboxylic acid groups (broad SMARTS) is 1. The quantitative estimate of drug-likeness (QED) is 0.793. The number of carbonyl (C=O) groups is 1. The van der Waals surface area contributed by atoms with Gasteiger partial charge in [-0.2, -0.15) is 13.2 Å². The zero-order chi connectivity index (χ0) is 14.1. The van der Waals surface area contributed by atoms with Crippen molar-refractivity contribution < 1.29 is 27.6 Å². The molecule has 1 rings (SSSR count). The summed E-state index contributed by atoms with van der Waals surface area (Å²) in [6.45, 7) is 2.33. The molecule has 1 aliphatic carbocycles. The summed E-state index contributed by atoms with van der Waals surface area (Å²) in [4.78, 5) is 10.8. The van der Waals surface area contributed by atoms with Gasteiger partial charge in [-0.3, -0.25) is 0 Å². The highest BCUT2D eigenvalue weighted by Gasteiger charge is 2.49. The maximum atomic E-state index is 13.0. The van der Waals surface area contributed by atoms with E-state index in [1.54, 1.807) is 21.0 Å². The van der Waals surface area contributed by atoms with Gasteiger partial charge in [-0.25, -0.2) is 4.79 Å². The Morgan fingerprint density at radius 1 is 1.44 bits per heavy atom. The van der Waals surface area contributed by atoms with Crippen molar-refractivity contribution in [3.8, 4) is 0 Å². The molecule has 0 radical (unpaired) electrons.